The molecule has 1 amide bonds. The van der Waals surface area contributed by atoms with Gasteiger partial charge in [-0.3, -0.25) is 9.69 Å². The molecule has 122 valence electrons. The van der Waals surface area contributed by atoms with E-state index >= 15 is 0 Å². The van der Waals surface area contributed by atoms with Crippen molar-refractivity contribution in [1.82, 2.24) is 0 Å². The number of rotatable bonds is 3. The molecule has 0 radical (unpaired) electrons. The van der Waals surface area contributed by atoms with E-state index in [1.54, 1.807) is 0 Å². The Hall–Kier alpha value is -2.91. The number of hydrogen-bond acceptors (Lipinski definition) is 2. The molecule has 1 saturated heterocycles. The minimum absolute atomic E-state index is 0.0395. The summed E-state index contributed by atoms with van der Waals surface area (Å²) in [5.41, 5.74) is 5.54. The molecular weight excluding hydrogens is 310 g/mol. The Kier molecular flexibility index (Phi) is 3.22. The molecule has 0 bridgehead atoms. The van der Waals surface area contributed by atoms with Gasteiger partial charge in [-0.2, -0.15) is 0 Å². The molecule has 0 unspecified atom stereocenters. The normalized spacial score (nSPS) is 20.3. The van der Waals surface area contributed by atoms with Crippen LogP contribution in [0.15, 0.2) is 78.9 Å². The Morgan fingerprint density at radius 3 is 2.32 bits per heavy atom. The number of anilines is 1. The van der Waals surface area contributed by atoms with Gasteiger partial charge < -0.3 is 4.74 Å². The average Bonchev–Trinajstić information content (AvgIpc) is 2.67. The Morgan fingerprint density at radius 1 is 0.800 bits per heavy atom. The van der Waals surface area contributed by atoms with E-state index in [0.717, 1.165) is 16.8 Å². The van der Waals surface area contributed by atoms with Crippen molar-refractivity contribution in [2.24, 2.45) is 0 Å². The van der Waals surface area contributed by atoms with E-state index in [9.17, 15) is 4.79 Å². The summed E-state index contributed by atoms with van der Waals surface area (Å²) in [6.45, 7) is 0.450. The van der Waals surface area contributed by atoms with Crippen LogP contribution in [0.1, 0.15) is 17.2 Å². The molecule has 5 rings (SSSR count). The van der Waals surface area contributed by atoms with Gasteiger partial charge in [-0.25, -0.2) is 0 Å². The molecule has 2 atom stereocenters. The summed E-state index contributed by atoms with van der Waals surface area (Å²) >= 11 is 0. The van der Waals surface area contributed by atoms with E-state index in [0.29, 0.717) is 6.61 Å². The second-order valence-electron chi connectivity index (χ2n) is 6.47. The van der Waals surface area contributed by atoms with Gasteiger partial charge >= 0.3 is 0 Å². The van der Waals surface area contributed by atoms with E-state index in [2.05, 4.69) is 18.2 Å². The van der Waals surface area contributed by atoms with Crippen LogP contribution in [0.2, 0.25) is 0 Å². The van der Waals surface area contributed by atoms with Crippen molar-refractivity contribution < 1.29 is 9.53 Å². The van der Waals surface area contributed by atoms with Gasteiger partial charge in [0.15, 0.2) is 6.10 Å². The summed E-state index contributed by atoms with van der Waals surface area (Å²) < 4.78 is 6.03. The van der Waals surface area contributed by atoms with Crippen molar-refractivity contribution in [3.8, 4) is 11.1 Å². The molecule has 3 nitrogen and oxygen atoms in total. The van der Waals surface area contributed by atoms with Gasteiger partial charge in [0.05, 0.1) is 18.3 Å². The number of benzene rings is 3. The summed E-state index contributed by atoms with van der Waals surface area (Å²) in [6, 6.07) is 26.4. The number of fused-ring (bicyclic) bond motifs is 6. The van der Waals surface area contributed by atoms with Gasteiger partial charge in [0, 0.05) is 5.56 Å². The second-order valence-corrected chi connectivity index (χ2v) is 6.47. The van der Waals surface area contributed by atoms with Crippen molar-refractivity contribution >= 4 is 11.6 Å². The fraction of sp³-hybridized carbons (Fsp3) is 0.136. The SMILES string of the molecule is O=C1[C@@H](OCc2ccccc2)[C@@H]2c3ccccc3-c3ccccc3N12. The molecule has 3 aromatic rings. The third-order valence-corrected chi connectivity index (χ3v) is 5.05. The second kappa shape index (κ2) is 5.57. The lowest BCUT2D eigenvalue weighted by Gasteiger charge is -2.50. The van der Waals surface area contributed by atoms with Crippen LogP contribution >= 0.6 is 0 Å². The monoisotopic (exact) mass is 327 g/mol. The molecule has 2 aliphatic heterocycles. The zero-order chi connectivity index (χ0) is 16.8. The zero-order valence-corrected chi connectivity index (χ0v) is 13.6. The Morgan fingerprint density at radius 2 is 1.48 bits per heavy atom. The summed E-state index contributed by atoms with van der Waals surface area (Å²) in [6.07, 6.45) is -0.422. The number of amides is 1. The van der Waals surface area contributed by atoms with Gasteiger partial charge in [0.25, 0.3) is 5.91 Å². The predicted octanol–water partition coefficient (Wildman–Crippen LogP) is 4.34. The van der Waals surface area contributed by atoms with Crippen molar-refractivity contribution in [1.29, 1.82) is 0 Å². The molecule has 2 heterocycles. The molecule has 25 heavy (non-hydrogen) atoms. The van der Waals surface area contributed by atoms with Crippen LogP contribution in [0, 0.1) is 0 Å². The van der Waals surface area contributed by atoms with E-state index in [-0.39, 0.29) is 11.9 Å². The molecule has 3 heteroatoms. The van der Waals surface area contributed by atoms with E-state index in [1.165, 1.54) is 11.1 Å². The largest absolute Gasteiger partial charge is 0.361 e. The van der Waals surface area contributed by atoms with Crippen molar-refractivity contribution in [3.63, 3.8) is 0 Å². The van der Waals surface area contributed by atoms with Crippen molar-refractivity contribution in [3.05, 3.63) is 90.0 Å². The van der Waals surface area contributed by atoms with Gasteiger partial charge in [0.2, 0.25) is 0 Å². The lowest BCUT2D eigenvalue weighted by atomic mass is 9.80. The highest BCUT2D eigenvalue weighted by Crippen LogP contribution is 2.51. The van der Waals surface area contributed by atoms with Crippen LogP contribution in [0.3, 0.4) is 0 Å². The topological polar surface area (TPSA) is 29.5 Å². The number of carbonyl (C=O) groups is 1. The molecule has 0 saturated carbocycles. The number of nitrogens with zero attached hydrogens (tertiary/aromatic N) is 1. The van der Waals surface area contributed by atoms with Gasteiger partial charge in [-0.1, -0.05) is 72.8 Å². The Bertz CT molecular complexity index is 951. The number of carbonyl (C=O) groups excluding carboxylic acids is 1. The minimum Gasteiger partial charge on any atom is -0.361 e. The fourth-order valence-corrected chi connectivity index (χ4v) is 3.87. The minimum atomic E-state index is -0.422. The first kappa shape index (κ1) is 14.4. The van der Waals surface area contributed by atoms with Crippen LogP contribution in [0.5, 0.6) is 0 Å². The highest BCUT2D eigenvalue weighted by molar-refractivity contribution is 6.10. The van der Waals surface area contributed by atoms with Gasteiger partial charge in [-0.05, 0) is 22.8 Å². The van der Waals surface area contributed by atoms with Crippen LogP contribution in [-0.4, -0.2) is 12.0 Å². The van der Waals surface area contributed by atoms with Crippen LogP contribution < -0.4 is 4.90 Å². The lowest BCUT2D eigenvalue weighted by molar-refractivity contribution is -0.143. The fourth-order valence-electron chi connectivity index (χ4n) is 3.87. The summed E-state index contributed by atoms with van der Waals surface area (Å²) in [5, 5.41) is 0. The Balaban J connectivity index is 1.50. The average molecular weight is 327 g/mol. The maximum absolute atomic E-state index is 12.8. The maximum atomic E-state index is 12.8. The Labute approximate surface area is 146 Å². The van der Waals surface area contributed by atoms with Crippen LogP contribution in [-0.2, 0) is 16.1 Å². The maximum Gasteiger partial charge on any atom is 0.259 e. The van der Waals surface area contributed by atoms with Crippen molar-refractivity contribution in [2.45, 2.75) is 18.8 Å². The number of para-hydroxylation sites is 1. The third-order valence-electron chi connectivity index (χ3n) is 5.05. The first-order chi connectivity index (χ1) is 12.3. The first-order valence-corrected chi connectivity index (χ1v) is 8.51. The standard InChI is InChI=1S/C22H17NO2/c24-22-21(25-14-15-8-2-1-3-9-15)20-18-12-5-4-10-16(18)17-11-6-7-13-19(17)23(20)22/h1-13,20-21H,14H2/t20-,21-/m0/s1. The summed E-state index contributed by atoms with van der Waals surface area (Å²) in [4.78, 5) is 14.7. The highest BCUT2D eigenvalue weighted by Gasteiger charge is 2.53. The molecule has 3 aromatic carbocycles. The molecule has 0 spiro atoms. The molecule has 0 N–H and O–H groups in total. The molecule has 1 fully saturated rings. The lowest BCUT2D eigenvalue weighted by Crippen LogP contribution is -2.61. The van der Waals surface area contributed by atoms with Crippen LogP contribution in [0.4, 0.5) is 5.69 Å². The highest BCUT2D eigenvalue weighted by atomic mass is 16.5. The van der Waals surface area contributed by atoms with E-state index in [4.69, 9.17) is 4.74 Å². The smallest absolute Gasteiger partial charge is 0.259 e. The molecule has 2 aliphatic rings. The number of ether oxygens (including phenoxy) is 1. The first-order valence-electron chi connectivity index (χ1n) is 8.51. The summed E-state index contributed by atoms with van der Waals surface area (Å²) in [5.74, 6) is 0.0443. The summed E-state index contributed by atoms with van der Waals surface area (Å²) in [7, 11) is 0. The van der Waals surface area contributed by atoms with Crippen LogP contribution in [0.25, 0.3) is 11.1 Å². The quantitative estimate of drug-likeness (QED) is 0.670. The third kappa shape index (κ3) is 2.13. The van der Waals surface area contributed by atoms with Gasteiger partial charge in [0.1, 0.15) is 0 Å². The van der Waals surface area contributed by atoms with Gasteiger partial charge in [-0.15, -0.1) is 0 Å². The van der Waals surface area contributed by atoms with E-state index in [1.807, 2.05) is 65.6 Å². The molecule has 0 aliphatic carbocycles. The predicted molar refractivity (Wildman–Crippen MR) is 97.1 cm³/mol. The zero-order valence-electron chi connectivity index (χ0n) is 13.6. The number of β-lactam (4-membered cyclic amide) rings is 1. The number of hydrogen-bond donors (Lipinski definition) is 0. The van der Waals surface area contributed by atoms with Crippen molar-refractivity contribution in [2.75, 3.05) is 4.90 Å². The van der Waals surface area contributed by atoms with E-state index < -0.39 is 6.10 Å². The molecular formula is C22H17NO2. The molecule has 0 aromatic heterocycles.